The molecule has 0 unspecified atom stereocenters. The van der Waals surface area contributed by atoms with Crippen LogP contribution in [0.1, 0.15) is 13.3 Å². The molecule has 13 heteroatoms. The number of aliphatic hydroxyl groups excluding tert-OH is 4. The Balaban J connectivity index is 1.79. The zero-order valence-corrected chi connectivity index (χ0v) is 21.3. The van der Waals surface area contributed by atoms with Crippen molar-refractivity contribution in [3.05, 3.63) is 42.5 Å². The minimum absolute atomic E-state index is 0.00642. The Kier molecular flexibility index (Phi) is 8.16. The van der Waals surface area contributed by atoms with Crippen molar-refractivity contribution >= 4 is 33.4 Å². The summed E-state index contributed by atoms with van der Waals surface area (Å²) in [6.45, 7) is 0.275. The van der Waals surface area contributed by atoms with Crippen LogP contribution < -0.4 is 14.8 Å². The van der Waals surface area contributed by atoms with E-state index in [0.717, 1.165) is 17.1 Å². The monoisotopic (exact) mass is 548 g/mol. The number of aromatic nitrogens is 1. The van der Waals surface area contributed by atoms with Crippen molar-refractivity contribution < 1.29 is 49.3 Å². The first-order valence-corrected chi connectivity index (χ1v) is 12.5. The molecule has 2 heterocycles. The van der Waals surface area contributed by atoms with Gasteiger partial charge in [-0.25, -0.2) is 9.78 Å². The van der Waals surface area contributed by atoms with E-state index >= 15 is 0 Å². The van der Waals surface area contributed by atoms with E-state index in [9.17, 15) is 35.1 Å². The number of aliphatic hydroxyl groups is 4. The van der Waals surface area contributed by atoms with Crippen LogP contribution in [-0.4, -0.2) is 92.4 Å². The molecule has 0 saturated carbocycles. The number of rotatable bonds is 9. The van der Waals surface area contributed by atoms with Crippen LogP contribution in [0.3, 0.4) is 0 Å². The van der Waals surface area contributed by atoms with Crippen LogP contribution in [0.5, 0.6) is 11.5 Å². The maximum Gasteiger partial charge on any atom is 0.377 e. The molecule has 0 bridgehead atoms. The Morgan fingerprint density at radius 3 is 2.63 bits per heavy atom. The molecule has 2 aromatic carbocycles. The van der Waals surface area contributed by atoms with Gasteiger partial charge in [0.2, 0.25) is 5.91 Å². The van der Waals surface area contributed by atoms with Gasteiger partial charge in [-0.15, -0.1) is 11.3 Å². The highest BCUT2D eigenvalue weighted by Crippen LogP contribution is 2.42. The number of para-hydroxylation sites is 1. The van der Waals surface area contributed by atoms with Gasteiger partial charge in [0.05, 0.1) is 48.1 Å². The summed E-state index contributed by atoms with van der Waals surface area (Å²) in [6, 6.07) is 10.8. The molecule has 4 rings (SSSR count). The summed E-state index contributed by atoms with van der Waals surface area (Å²) in [5, 5.41) is 54.1. The molecule has 1 fully saturated rings. The highest BCUT2D eigenvalue weighted by atomic mass is 32.1. The van der Waals surface area contributed by atoms with E-state index in [0.29, 0.717) is 16.3 Å². The lowest BCUT2D eigenvalue weighted by molar-refractivity contribution is -0.284. The number of nitrogens with one attached hydrogen (secondary N) is 1. The average molecular weight is 549 g/mol. The van der Waals surface area contributed by atoms with Gasteiger partial charge in [0.15, 0.2) is 0 Å². The Morgan fingerprint density at radius 1 is 1.26 bits per heavy atom. The number of ether oxygens (including phenoxy) is 3. The molecule has 1 saturated heterocycles. The second-order valence-corrected chi connectivity index (χ2v) is 9.86. The fraction of sp³-hybridized carbons (Fsp3) is 0.400. The van der Waals surface area contributed by atoms with Crippen molar-refractivity contribution in [1.29, 1.82) is 0 Å². The molecule has 204 valence electrons. The molecule has 1 aliphatic heterocycles. The Morgan fingerprint density at radius 2 is 2.00 bits per heavy atom. The second kappa shape index (κ2) is 11.2. The number of carboxylic acids is 1. The SMILES string of the molecule is COc1ccc(-c2nc3ccccc3s2)c(O[C@]2(C(=O)O)C[C@H](O)[C@@H](NC(C)=O)[C@H]([C@H](O)[C@H](O)CO)O2)c1. The van der Waals surface area contributed by atoms with Crippen molar-refractivity contribution in [2.45, 2.75) is 49.6 Å². The largest absolute Gasteiger partial charge is 0.497 e. The maximum absolute atomic E-state index is 12.6. The lowest BCUT2D eigenvalue weighted by Crippen LogP contribution is -2.68. The first kappa shape index (κ1) is 27.7. The summed E-state index contributed by atoms with van der Waals surface area (Å²) < 4.78 is 17.9. The third kappa shape index (κ3) is 5.43. The predicted octanol–water partition coefficient (Wildman–Crippen LogP) is 0.500. The maximum atomic E-state index is 12.6. The molecule has 0 aliphatic carbocycles. The van der Waals surface area contributed by atoms with E-state index in [1.807, 2.05) is 24.3 Å². The van der Waals surface area contributed by atoms with Crippen LogP contribution in [-0.2, 0) is 14.3 Å². The Bertz CT molecular complexity index is 1280. The molecular formula is C25H28N2O10S. The Hall–Kier alpha value is -3.33. The van der Waals surface area contributed by atoms with E-state index < -0.39 is 61.1 Å². The number of fused-ring (bicyclic) bond motifs is 1. The molecule has 1 aromatic heterocycles. The van der Waals surface area contributed by atoms with Gasteiger partial charge in [0.1, 0.15) is 34.8 Å². The third-order valence-corrected chi connectivity index (χ3v) is 7.24. The molecule has 38 heavy (non-hydrogen) atoms. The first-order valence-electron chi connectivity index (χ1n) is 11.6. The number of benzene rings is 2. The molecule has 1 amide bonds. The highest BCUT2D eigenvalue weighted by molar-refractivity contribution is 7.21. The molecule has 6 atom stereocenters. The van der Waals surface area contributed by atoms with Gasteiger partial charge >= 0.3 is 11.8 Å². The molecule has 3 aromatic rings. The second-order valence-electron chi connectivity index (χ2n) is 8.83. The van der Waals surface area contributed by atoms with Crippen LogP contribution in [0.4, 0.5) is 0 Å². The lowest BCUT2D eigenvalue weighted by atomic mass is 9.88. The summed E-state index contributed by atoms with van der Waals surface area (Å²) in [5.41, 5.74) is 1.15. The smallest absolute Gasteiger partial charge is 0.377 e. The number of hydrogen-bond donors (Lipinski definition) is 6. The van der Waals surface area contributed by atoms with Gasteiger partial charge in [0.25, 0.3) is 0 Å². The zero-order chi connectivity index (χ0) is 27.6. The minimum Gasteiger partial charge on any atom is -0.497 e. The predicted molar refractivity (Wildman–Crippen MR) is 135 cm³/mol. The highest BCUT2D eigenvalue weighted by Gasteiger charge is 2.57. The van der Waals surface area contributed by atoms with E-state index in [1.165, 1.54) is 24.5 Å². The molecule has 0 radical (unpaired) electrons. The van der Waals surface area contributed by atoms with Crippen LogP contribution in [0.15, 0.2) is 42.5 Å². The van der Waals surface area contributed by atoms with Gasteiger partial charge in [-0.2, -0.15) is 0 Å². The number of thiazole rings is 1. The van der Waals surface area contributed by atoms with Gasteiger partial charge in [-0.05, 0) is 24.3 Å². The summed E-state index contributed by atoms with van der Waals surface area (Å²) >= 11 is 1.35. The van der Waals surface area contributed by atoms with Crippen molar-refractivity contribution in [3.8, 4) is 22.1 Å². The van der Waals surface area contributed by atoms with E-state index in [2.05, 4.69) is 10.3 Å². The molecular weight excluding hydrogens is 520 g/mol. The number of methoxy groups -OCH3 is 1. The fourth-order valence-corrected chi connectivity index (χ4v) is 5.28. The quantitative estimate of drug-likeness (QED) is 0.218. The van der Waals surface area contributed by atoms with Crippen LogP contribution in [0, 0.1) is 0 Å². The molecule has 6 N–H and O–H groups in total. The van der Waals surface area contributed by atoms with E-state index in [-0.39, 0.29) is 5.75 Å². The summed E-state index contributed by atoms with van der Waals surface area (Å²) in [4.78, 5) is 29.0. The van der Waals surface area contributed by atoms with E-state index in [1.54, 1.807) is 12.1 Å². The van der Waals surface area contributed by atoms with Crippen molar-refractivity contribution in [1.82, 2.24) is 10.3 Å². The van der Waals surface area contributed by atoms with Crippen LogP contribution >= 0.6 is 11.3 Å². The Labute approximate surface area is 221 Å². The van der Waals surface area contributed by atoms with Crippen LogP contribution in [0.25, 0.3) is 20.8 Å². The summed E-state index contributed by atoms with van der Waals surface area (Å²) in [5.74, 6) is -4.45. The topological polar surface area (TPSA) is 188 Å². The number of carbonyl (C=O) groups excluding carboxylic acids is 1. The number of amides is 1. The average Bonchev–Trinajstić information content (AvgIpc) is 3.32. The standard InChI is InChI=1S/C25H28N2O10S/c1-12(29)26-20-16(30)10-25(24(33)34,37-22(20)21(32)17(31)11-28)36-18-9-13(35-2)7-8-14(18)23-27-15-5-3-4-6-19(15)38-23/h3-9,16-17,20-22,28,30-32H,10-11H2,1-2H3,(H,26,29)(H,33,34)/t16-,17+,20+,21+,22+,25+/m0/s1. The number of carboxylic acid groups (broad SMARTS) is 1. The minimum atomic E-state index is -2.56. The third-order valence-electron chi connectivity index (χ3n) is 6.17. The fourth-order valence-electron chi connectivity index (χ4n) is 4.29. The normalized spacial score (nSPS) is 24.9. The molecule has 12 nitrogen and oxygen atoms in total. The van der Waals surface area contributed by atoms with Gasteiger partial charge in [-0.3, -0.25) is 4.79 Å². The van der Waals surface area contributed by atoms with Crippen molar-refractivity contribution in [3.63, 3.8) is 0 Å². The molecule has 0 spiro atoms. The first-order chi connectivity index (χ1) is 18.1. The number of nitrogens with zero attached hydrogens (tertiary/aromatic N) is 1. The lowest BCUT2D eigenvalue weighted by Gasteiger charge is -2.46. The summed E-state index contributed by atoms with van der Waals surface area (Å²) in [6.07, 6.45) is -7.54. The molecule has 1 aliphatic rings. The van der Waals surface area contributed by atoms with E-state index in [4.69, 9.17) is 14.2 Å². The number of hydrogen-bond acceptors (Lipinski definition) is 11. The van der Waals surface area contributed by atoms with Gasteiger partial charge in [-0.1, -0.05) is 12.1 Å². The zero-order valence-electron chi connectivity index (χ0n) is 20.5. The van der Waals surface area contributed by atoms with Crippen molar-refractivity contribution in [2.24, 2.45) is 0 Å². The van der Waals surface area contributed by atoms with Gasteiger partial charge in [0, 0.05) is 13.0 Å². The van der Waals surface area contributed by atoms with Crippen LogP contribution in [0.2, 0.25) is 0 Å². The van der Waals surface area contributed by atoms with Gasteiger partial charge < -0.3 is 45.1 Å². The number of aliphatic carboxylic acids is 1. The van der Waals surface area contributed by atoms with Crippen molar-refractivity contribution in [2.75, 3.05) is 13.7 Å². The summed E-state index contributed by atoms with van der Waals surface area (Å²) in [7, 11) is 1.42. The number of carbonyl (C=O) groups is 2.